The predicted molar refractivity (Wildman–Crippen MR) is 69.7 cm³/mol. The summed E-state index contributed by atoms with van der Waals surface area (Å²) in [7, 11) is 0. The summed E-state index contributed by atoms with van der Waals surface area (Å²) in [5, 5.41) is 20.3. The van der Waals surface area contributed by atoms with Crippen LogP contribution in [0, 0.1) is 4.77 Å². The van der Waals surface area contributed by atoms with Gasteiger partial charge in [-0.15, -0.1) is 0 Å². The second-order valence-corrected chi connectivity index (χ2v) is 3.76. The predicted octanol–water partition coefficient (Wildman–Crippen LogP) is 1.93. The first-order chi connectivity index (χ1) is 8.72. The molecule has 0 aliphatic heterocycles. The monoisotopic (exact) mass is 264 g/mol. The van der Waals surface area contributed by atoms with Gasteiger partial charge in [-0.3, -0.25) is 5.10 Å². The number of nitrogens with one attached hydrogen (secondary N) is 1. The molecule has 2 aromatic rings. The zero-order valence-electron chi connectivity index (χ0n) is 9.70. The van der Waals surface area contributed by atoms with Crippen molar-refractivity contribution >= 4 is 18.4 Å². The Morgan fingerprint density at radius 3 is 3.11 bits per heavy atom. The Labute approximate surface area is 109 Å². The summed E-state index contributed by atoms with van der Waals surface area (Å²) >= 11 is 4.94. The van der Waals surface area contributed by atoms with Gasteiger partial charge in [-0.2, -0.15) is 14.9 Å². The largest absolute Gasteiger partial charge is 0.504 e. The smallest absolute Gasteiger partial charge is 0.216 e. The molecule has 0 spiro atoms. The van der Waals surface area contributed by atoms with Gasteiger partial charge in [0.15, 0.2) is 11.5 Å². The fraction of sp³-hybridized carbons (Fsp3) is 0.182. The van der Waals surface area contributed by atoms with Crippen molar-refractivity contribution in [2.24, 2.45) is 5.10 Å². The first kappa shape index (κ1) is 12.3. The normalized spacial score (nSPS) is 10.9. The number of para-hydroxylation sites is 1. The summed E-state index contributed by atoms with van der Waals surface area (Å²) in [4.78, 5) is 0. The molecular weight excluding hydrogens is 252 g/mol. The topological polar surface area (TPSA) is 75.4 Å². The van der Waals surface area contributed by atoms with Crippen LogP contribution in [0.5, 0.6) is 11.5 Å². The number of hydrogen-bond acceptors (Lipinski definition) is 5. The number of phenols is 1. The lowest BCUT2D eigenvalue weighted by molar-refractivity contribution is 0.318. The quantitative estimate of drug-likeness (QED) is 0.653. The molecule has 1 aromatic carbocycles. The summed E-state index contributed by atoms with van der Waals surface area (Å²) in [6.45, 7) is 2.34. The molecule has 1 aromatic heterocycles. The SMILES string of the molecule is CCOc1cccc(/C=N\n2cn[nH]c2=S)c1O. The average molecular weight is 264 g/mol. The second-order valence-electron chi connectivity index (χ2n) is 3.38. The van der Waals surface area contributed by atoms with Gasteiger partial charge in [0.1, 0.15) is 6.33 Å². The molecule has 0 radical (unpaired) electrons. The number of hydrogen-bond donors (Lipinski definition) is 2. The van der Waals surface area contributed by atoms with Gasteiger partial charge in [0.05, 0.1) is 12.8 Å². The highest BCUT2D eigenvalue weighted by atomic mass is 32.1. The lowest BCUT2D eigenvalue weighted by Gasteiger charge is -2.06. The van der Waals surface area contributed by atoms with Crippen molar-refractivity contribution in [2.45, 2.75) is 6.92 Å². The van der Waals surface area contributed by atoms with Gasteiger partial charge >= 0.3 is 0 Å². The number of aromatic nitrogens is 3. The van der Waals surface area contributed by atoms with Crippen molar-refractivity contribution in [2.75, 3.05) is 6.61 Å². The molecule has 0 saturated heterocycles. The van der Waals surface area contributed by atoms with E-state index in [1.165, 1.54) is 17.2 Å². The molecule has 0 bridgehead atoms. The van der Waals surface area contributed by atoms with Crippen LogP contribution in [0.25, 0.3) is 0 Å². The molecule has 18 heavy (non-hydrogen) atoms. The minimum atomic E-state index is 0.0538. The Morgan fingerprint density at radius 2 is 2.44 bits per heavy atom. The fourth-order valence-electron chi connectivity index (χ4n) is 1.36. The van der Waals surface area contributed by atoms with Crippen LogP contribution in [0.4, 0.5) is 0 Å². The van der Waals surface area contributed by atoms with Gasteiger partial charge in [-0.1, -0.05) is 6.07 Å². The third-order valence-electron chi connectivity index (χ3n) is 2.19. The van der Waals surface area contributed by atoms with E-state index in [1.54, 1.807) is 18.2 Å². The Balaban J connectivity index is 2.29. The molecule has 1 heterocycles. The molecule has 7 heteroatoms. The minimum Gasteiger partial charge on any atom is -0.504 e. The van der Waals surface area contributed by atoms with Crippen LogP contribution in [-0.2, 0) is 0 Å². The van der Waals surface area contributed by atoms with E-state index in [2.05, 4.69) is 15.3 Å². The number of benzene rings is 1. The second kappa shape index (κ2) is 5.46. The van der Waals surface area contributed by atoms with Crippen molar-refractivity contribution in [3.8, 4) is 11.5 Å². The van der Waals surface area contributed by atoms with Crippen molar-refractivity contribution in [3.05, 3.63) is 34.9 Å². The van der Waals surface area contributed by atoms with Crippen molar-refractivity contribution in [1.82, 2.24) is 14.9 Å². The van der Waals surface area contributed by atoms with Crippen molar-refractivity contribution in [1.29, 1.82) is 0 Å². The van der Waals surface area contributed by atoms with Gasteiger partial charge < -0.3 is 9.84 Å². The summed E-state index contributed by atoms with van der Waals surface area (Å²) in [6.07, 6.45) is 2.94. The zero-order chi connectivity index (χ0) is 13.0. The lowest BCUT2D eigenvalue weighted by atomic mass is 10.2. The van der Waals surface area contributed by atoms with Gasteiger partial charge in [-0.25, -0.2) is 0 Å². The van der Waals surface area contributed by atoms with Gasteiger partial charge in [-0.05, 0) is 31.3 Å². The van der Waals surface area contributed by atoms with Crippen LogP contribution in [0.1, 0.15) is 12.5 Å². The summed E-state index contributed by atoms with van der Waals surface area (Å²) < 4.78 is 7.05. The van der Waals surface area contributed by atoms with Crippen LogP contribution in [0.15, 0.2) is 29.6 Å². The molecule has 6 nitrogen and oxygen atoms in total. The lowest BCUT2D eigenvalue weighted by Crippen LogP contribution is -1.94. The molecule has 2 rings (SSSR count). The fourth-order valence-corrected chi connectivity index (χ4v) is 1.51. The highest BCUT2D eigenvalue weighted by molar-refractivity contribution is 7.71. The number of nitrogens with zero attached hydrogens (tertiary/aromatic N) is 3. The minimum absolute atomic E-state index is 0.0538. The van der Waals surface area contributed by atoms with E-state index in [0.29, 0.717) is 22.7 Å². The standard InChI is InChI=1S/C11H12N4O2S/c1-2-17-9-5-3-4-8(10(9)16)6-13-15-7-12-14-11(15)18/h3-7,16H,2H2,1H3,(H,14,18)/b13-6-. The number of ether oxygens (including phenoxy) is 1. The van der Waals surface area contributed by atoms with Crippen LogP contribution >= 0.6 is 12.2 Å². The Morgan fingerprint density at radius 1 is 1.61 bits per heavy atom. The zero-order valence-corrected chi connectivity index (χ0v) is 10.5. The molecule has 0 aliphatic carbocycles. The number of aromatic amines is 1. The first-order valence-corrected chi connectivity index (χ1v) is 5.74. The number of rotatable bonds is 4. The van der Waals surface area contributed by atoms with Crippen LogP contribution in [-0.4, -0.2) is 32.8 Å². The molecule has 0 unspecified atom stereocenters. The summed E-state index contributed by atoms with van der Waals surface area (Å²) in [5.74, 6) is 0.482. The molecule has 0 amide bonds. The third kappa shape index (κ3) is 2.57. The maximum Gasteiger partial charge on any atom is 0.216 e. The molecule has 0 atom stereocenters. The molecule has 94 valence electrons. The Bertz CT molecular complexity index is 618. The van der Waals surface area contributed by atoms with Crippen LogP contribution in [0.3, 0.4) is 0 Å². The van der Waals surface area contributed by atoms with Crippen LogP contribution < -0.4 is 4.74 Å². The van der Waals surface area contributed by atoms with Crippen molar-refractivity contribution in [3.63, 3.8) is 0 Å². The van der Waals surface area contributed by atoms with Crippen LogP contribution in [0.2, 0.25) is 0 Å². The maximum atomic E-state index is 9.94. The number of phenolic OH excluding ortho intramolecular Hbond substituents is 1. The van der Waals surface area contributed by atoms with E-state index >= 15 is 0 Å². The van der Waals surface area contributed by atoms with E-state index in [0.717, 1.165) is 0 Å². The maximum absolute atomic E-state index is 9.94. The number of H-pyrrole nitrogens is 1. The molecule has 0 aliphatic rings. The van der Waals surface area contributed by atoms with E-state index in [-0.39, 0.29) is 5.75 Å². The van der Waals surface area contributed by atoms with E-state index in [4.69, 9.17) is 17.0 Å². The van der Waals surface area contributed by atoms with E-state index in [1.807, 2.05) is 6.92 Å². The Hall–Kier alpha value is -2.15. The highest BCUT2D eigenvalue weighted by Crippen LogP contribution is 2.28. The summed E-state index contributed by atoms with van der Waals surface area (Å²) in [6, 6.07) is 5.20. The van der Waals surface area contributed by atoms with E-state index in [9.17, 15) is 5.11 Å². The number of aromatic hydroxyl groups is 1. The van der Waals surface area contributed by atoms with Gasteiger partial charge in [0, 0.05) is 5.56 Å². The average Bonchev–Trinajstić information content (AvgIpc) is 2.76. The Kier molecular flexibility index (Phi) is 3.73. The van der Waals surface area contributed by atoms with Gasteiger partial charge in [0.2, 0.25) is 4.77 Å². The molecule has 0 fully saturated rings. The first-order valence-electron chi connectivity index (χ1n) is 5.33. The highest BCUT2D eigenvalue weighted by Gasteiger charge is 2.05. The molecular formula is C11H12N4O2S. The third-order valence-corrected chi connectivity index (χ3v) is 2.47. The van der Waals surface area contributed by atoms with E-state index < -0.39 is 0 Å². The van der Waals surface area contributed by atoms with Crippen molar-refractivity contribution < 1.29 is 9.84 Å². The molecule has 0 saturated carbocycles. The van der Waals surface area contributed by atoms with Gasteiger partial charge in [0.25, 0.3) is 0 Å². The molecule has 2 N–H and O–H groups in total. The summed E-state index contributed by atoms with van der Waals surface area (Å²) in [5.41, 5.74) is 0.545.